The summed E-state index contributed by atoms with van der Waals surface area (Å²) < 4.78 is 0. The summed E-state index contributed by atoms with van der Waals surface area (Å²) in [6, 6.07) is 12.1. The fourth-order valence-corrected chi connectivity index (χ4v) is 2.31. The lowest BCUT2D eigenvalue weighted by molar-refractivity contribution is 0.731. The number of hydrogen-bond donors (Lipinski definition) is 1. The number of anilines is 1. The number of halogens is 1. The lowest BCUT2D eigenvalue weighted by Gasteiger charge is -2.28. The third-order valence-electron chi connectivity index (χ3n) is 3.35. The summed E-state index contributed by atoms with van der Waals surface area (Å²) in [5.41, 5.74) is 8.86. The van der Waals surface area contributed by atoms with Crippen LogP contribution < -0.4 is 10.6 Å². The highest BCUT2D eigenvalue weighted by molar-refractivity contribution is 6.30. The Morgan fingerprint density at radius 2 is 2.11 bits per heavy atom. The van der Waals surface area contributed by atoms with Gasteiger partial charge in [-0.05, 0) is 36.8 Å². The first-order chi connectivity index (χ1) is 9.13. The van der Waals surface area contributed by atoms with Gasteiger partial charge in [-0.15, -0.1) is 0 Å². The zero-order valence-electron chi connectivity index (χ0n) is 11.2. The maximum absolute atomic E-state index is 6.05. The van der Waals surface area contributed by atoms with Crippen LogP contribution in [0.5, 0.6) is 0 Å². The van der Waals surface area contributed by atoms with Crippen LogP contribution in [0.2, 0.25) is 5.02 Å². The molecule has 1 unspecified atom stereocenters. The summed E-state index contributed by atoms with van der Waals surface area (Å²) in [7, 11) is 2.04. The molecular formula is C15H18ClN3. The summed E-state index contributed by atoms with van der Waals surface area (Å²) in [5.74, 6) is 0. The molecule has 0 fully saturated rings. The van der Waals surface area contributed by atoms with Crippen LogP contribution in [0.3, 0.4) is 0 Å². The van der Waals surface area contributed by atoms with Crippen LogP contribution in [-0.4, -0.2) is 12.0 Å². The van der Waals surface area contributed by atoms with Crippen molar-refractivity contribution < 1.29 is 0 Å². The monoisotopic (exact) mass is 275 g/mol. The molecule has 0 aliphatic rings. The summed E-state index contributed by atoms with van der Waals surface area (Å²) in [5, 5.41) is 0.753. The van der Waals surface area contributed by atoms with Crippen molar-refractivity contribution in [2.45, 2.75) is 19.5 Å². The highest BCUT2D eigenvalue weighted by Crippen LogP contribution is 2.28. The predicted molar refractivity (Wildman–Crippen MR) is 80.4 cm³/mol. The lowest BCUT2D eigenvalue weighted by atomic mass is 10.1. The number of benzene rings is 1. The van der Waals surface area contributed by atoms with Crippen LogP contribution in [-0.2, 0) is 6.54 Å². The number of nitrogens with two attached hydrogens (primary N) is 1. The normalized spacial score (nSPS) is 12.2. The van der Waals surface area contributed by atoms with Gasteiger partial charge < -0.3 is 10.6 Å². The van der Waals surface area contributed by atoms with E-state index in [1.807, 2.05) is 37.4 Å². The van der Waals surface area contributed by atoms with Crippen LogP contribution in [0.25, 0.3) is 0 Å². The van der Waals surface area contributed by atoms with Crippen molar-refractivity contribution in [2.24, 2.45) is 5.73 Å². The summed E-state index contributed by atoms with van der Waals surface area (Å²) >= 11 is 6.05. The fourth-order valence-electron chi connectivity index (χ4n) is 2.11. The Hall–Kier alpha value is -1.58. The smallest absolute Gasteiger partial charge is 0.0772 e. The first kappa shape index (κ1) is 13.8. The average molecular weight is 276 g/mol. The second kappa shape index (κ2) is 6.04. The molecule has 0 saturated carbocycles. The molecule has 0 radical (unpaired) electrons. The molecule has 0 saturated heterocycles. The first-order valence-corrected chi connectivity index (χ1v) is 6.63. The molecule has 1 heterocycles. The first-order valence-electron chi connectivity index (χ1n) is 6.25. The van der Waals surface area contributed by atoms with Crippen LogP contribution in [0.4, 0.5) is 5.69 Å². The Labute approximate surface area is 119 Å². The van der Waals surface area contributed by atoms with Gasteiger partial charge in [-0.2, -0.15) is 0 Å². The molecule has 0 aliphatic carbocycles. The van der Waals surface area contributed by atoms with E-state index in [9.17, 15) is 0 Å². The molecule has 3 nitrogen and oxygen atoms in total. The molecule has 0 amide bonds. The Morgan fingerprint density at radius 3 is 2.79 bits per heavy atom. The van der Waals surface area contributed by atoms with Crippen molar-refractivity contribution in [3.05, 3.63) is 58.9 Å². The SMILES string of the molecule is CC(c1cccc(Cl)c1)N(C)c1cccnc1CN. The molecule has 1 aromatic heterocycles. The van der Waals surface area contributed by atoms with Crippen LogP contribution in [0, 0.1) is 0 Å². The van der Waals surface area contributed by atoms with E-state index < -0.39 is 0 Å². The van der Waals surface area contributed by atoms with Gasteiger partial charge in [0.25, 0.3) is 0 Å². The standard InChI is InChI=1S/C15H18ClN3/c1-11(12-5-3-6-13(16)9-12)19(2)15-7-4-8-18-14(15)10-17/h3-9,11H,10,17H2,1-2H3. The summed E-state index contributed by atoms with van der Waals surface area (Å²) in [6.45, 7) is 2.57. The van der Waals surface area contributed by atoms with Gasteiger partial charge in [0.1, 0.15) is 0 Å². The van der Waals surface area contributed by atoms with Gasteiger partial charge in [-0.1, -0.05) is 23.7 Å². The van der Waals surface area contributed by atoms with E-state index in [0.717, 1.165) is 16.4 Å². The minimum absolute atomic E-state index is 0.202. The topological polar surface area (TPSA) is 42.2 Å². The molecule has 0 spiro atoms. The van der Waals surface area contributed by atoms with Crippen molar-refractivity contribution in [1.29, 1.82) is 0 Å². The zero-order valence-corrected chi connectivity index (χ0v) is 11.9. The Morgan fingerprint density at radius 1 is 1.32 bits per heavy atom. The van der Waals surface area contributed by atoms with E-state index in [4.69, 9.17) is 17.3 Å². The van der Waals surface area contributed by atoms with Gasteiger partial charge in [0, 0.05) is 24.8 Å². The summed E-state index contributed by atoms with van der Waals surface area (Å²) in [4.78, 5) is 6.49. The van der Waals surface area contributed by atoms with E-state index in [2.05, 4.69) is 22.9 Å². The molecule has 19 heavy (non-hydrogen) atoms. The lowest BCUT2D eigenvalue weighted by Crippen LogP contribution is -2.23. The molecular weight excluding hydrogens is 258 g/mol. The number of aromatic nitrogens is 1. The third kappa shape index (κ3) is 3.06. The van der Waals surface area contributed by atoms with Crippen LogP contribution >= 0.6 is 11.6 Å². The van der Waals surface area contributed by atoms with Gasteiger partial charge in [0.05, 0.1) is 17.4 Å². The molecule has 2 aromatic rings. The number of pyridine rings is 1. The second-order valence-electron chi connectivity index (χ2n) is 4.52. The molecule has 0 aliphatic heterocycles. The van der Waals surface area contributed by atoms with Crippen molar-refractivity contribution in [1.82, 2.24) is 4.98 Å². The largest absolute Gasteiger partial charge is 0.366 e. The predicted octanol–water partition coefficient (Wildman–Crippen LogP) is 3.39. The van der Waals surface area contributed by atoms with E-state index in [1.54, 1.807) is 6.20 Å². The quantitative estimate of drug-likeness (QED) is 0.930. The number of rotatable bonds is 4. The number of hydrogen-bond acceptors (Lipinski definition) is 3. The molecule has 100 valence electrons. The van der Waals surface area contributed by atoms with E-state index in [-0.39, 0.29) is 6.04 Å². The highest BCUT2D eigenvalue weighted by atomic mass is 35.5. The minimum Gasteiger partial charge on any atom is -0.366 e. The Bertz CT molecular complexity index is 557. The molecule has 0 bridgehead atoms. The van der Waals surface area contributed by atoms with Crippen LogP contribution in [0.1, 0.15) is 24.2 Å². The molecule has 4 heteroatoms. The molecule has 1 aromatic carbocycles. The van der Waals surface area contributed by atoms with E-state index >= 15 is 0 Å². The van der Waals surface area contributed by atoms with Gasteiger partial charge >= 0.3 is 0 Å². The Kier molecular flexibility index (Phi) is 4.40. The van der Waals surface area contributed by atoms with Gasteiger partial charge in [-0.3, -0.25) is 4.98 Å². The second-order valence-corrected chi connectivity index (χ2v) is 4.95. The van der Waals surface area contributed by atoms with Crippen molar-refractivity contribution >= 4 is 17.3 Å². The highest BCUT2D eigenvalue weighted by Gasteiger charge is 2.15. The zero-order chi connectivity index (χ0) is 13.8. The van der Waals surface area contributed by atoms with Crippen molar-refractivity contribution in [3.8, 4) is 0 Å². The number of nitrogens with zero attached hydrogens (tertiary/aromatic N) is 2. The fraction of sp³-hybridized carbons (Fsp3) is 0.267. The molecule has 2 N–H and O–H groups in total. The molecule has 1 atom stereocenters. The van der Waals surface area contributed by atoms with Crippen molar-refractivity contribution in [2.75, 3.05) is 11.9 Å². The maximum atomic E-state index is 6.05. The van der Waals surface area contributed by atoms with Crippen molar-refractivity contribution in [3.63, 3.8) is 0 Å². The molecule has 2 rings (SSSR count). The van der Waals surface area contributed by atoms with Gasteiger partial charge in [0.2, 0.25) is 0 Å². The average Bonchev–Trinajstić information content (AvgIpc) is 2.45. The summed E-state index contributed by atoms with van der Waals surface area (Å²) in [6.07, 6.45) is 1.77. The third-order valence-corrected chi connectivity index (χ3v) is 3.59. The van der Waals surface area contributed by atoms with Gasteiger partial charge in [0.15, 0.2) is 0 Å². The Balaban J connectivity index is 2.30. The van der Waals surface area contributed by atoms with E-state index in [0.29, 0.717) is 6.54 Å². The van der Waals surface area contributed by atoms with E-state index in [1.165, 1.54) is 5.56 Å². The van der Waals surface area contributed by atoms with Gasteiger partial charge in [-0.25, -0.2) is 0 Å². The van der Waals surface area contributed by atoms with Crippen LogP contribution in [0.15, 0.2) is 42.6 Å². The maximum Gasteiger partial charge on any atom is 0.0772 e. The minimum atomic E-state index is 0.202.